The maximum absolute atomic E-state index is 12.3. The van der Waals surface area contributed by atoms with E-state index in [1.165, 1.54) is 17.9 Å². The first-order valence-corrected chi connectivity index (χ1v) is 9.57. The molecular weight excluding hydrogens is 370 g/mol. The summed E-state index contributed by atoms with van der Waals surface area (Å²) in [5, 5.41) is 5.82. The van der Waals surface area contributed by atoms with Crippen molar-refractivity contribution in [3.8, 4) is 0 Å². The second-order valence-corrected chi connectivity index (χ2v) is 7.33. The van der Waals surface area contributed by atoms with Crippen molar-refractivity contribution in [3.63, 3.8) is 0 Å². The van der Waals surface area contributed by atoms with Crippen molar-refractivity contribution in [3.05, 3.63) is 64.3 Å². The Morgan fingerprint density at radius 1 is 1.17 bits per heavy atom. The zero-order valence-electron chi connectivity index (χ0n) is 16.8. The largest absolute Gasteiger partial charge is 0.442 e. The molecule has 2 aromatic carbocycles. The van der Waals surface area contributed by atoms with E-state index in [9.17, 15) is 14.4 Å². The zero-order valence-corrected chi connectivity index (χ0v) is 16.8. The molecule has 1 aliphatic rings. The molecule has 2 N–H and O–H groups in total. The Morgan fingerprint density at radius 3 is 2.55 bits per heavy atom. The number of hydrogen-bond acceptors (Lipinski definition) is 5. The number of anilines is 3. The van der Waals surface area contributed by atoms with Gasteiger partial charge in [0.05, 0.1) is 18.8 Å². The van der Waals surface area contributed by atoms with E-state index in [-0.39, 0.29) is 24.0 Å². The number of ether oxygens (including phenoxy) is 1. The van der Waals surface area contributed by atoms with Crippen LogP contribution in [0.4, 0.5) is 21.9 Å². The minimum atomic E-state index is -0.445. The van der Waals surface area contributed by atoms with Gasteiger partial charge in [-0.25, -0.2) is 4.79 Å². The third kappa shape index (κ3) is 5.13. The number of nitrogens with one attached hydrogen (secondary N) is 2. The van der Waals surface area contributed by atoms with E-state index in [1.807, 2.05) is 24.3 Å². The van der Waals surface area contributed by atoms with Crippen molar-refractivity contribution in [1.82, 2.24) is 5.32 Å². The standard InChI is InChI=1S/C22H25N3O4/c1-14(2)16-5-4-6-21(27)20(11-16)24-17-7-9-18(10-8-17)25-13-19(29-22(25)28)12-23-15(3)26/h4-11,14,19H,12-13H2,1-3H3,(H,23,26)(H,24,27). The first kappa shape index (κ1) is 20.4. The van der Waals surface area contributed by atoms with Crippen LogP contribution in [0.5, 0.6) is 0 Å². The maximum Gasteiger partial charge on any atom is 0.414 e. The molecule has 1 atom stereocenters. The molecule has 0 spiro atoms. The molecular formula is C22H25N3O4. The fraction of sp³-hybridized carbons (Fsp3) is 0.318. The van der Waals surface area contributed by atoms with Crippen LogP contribution in [-0.4, -0.2) is 31.2 Å². The maximum atomic E-state index is 12.3. The molecule has 0 aromatic heterocycles. The van der Waals surface area contributed by atoms with Gasteiger partial charge in [0.2, 0.25) is 11.3 Å². The van der Waals surface area contributed by atoms with Crippen LogP contribution in [0.1, 0.15) is 32.3 Å². The molecule has 1 fully saturated rings. The van der Waals surface area contributed by atoms with Crippen LogP contribution in [0.25, 0.3) is 0 Å². The molecule has 0 bridgehead atoms. The van der Waals surface area contributed by atoms with Crippen LogP contribution in [0.3, 0.4) is 0 Å². The monoisotopic (exact) mass is 395 g/mol. The molecule has 0 saturated carbocycles. The SMILES string of the molecule is CC(=O)NCC1CN(c2ccc(Nc3cc(C(C)C)cccc3=O)cc2)C(=O)O1. The molecule has 1 heterocycles. The number of carbonyl (C=O) groups excluding carboxylic acids is 2. The molecule has 0 radical (unpaired) electrons. The number of rotatable bonds is 6. The van der Waals surface area contributed by atoms with Crippen LogP contribution in [-0.2, 0) is 9.53 Å². The molecule has 7 nitrogen and oxygen atoms in total. The average molecular weight is 395 g/mol. The van der Waals surface area contributed by atoms with Gasteiger partial charge in [0, 0.05) is 18.3 Å². The molecule has 0 aliphatic carbocycles. The molecule has 3 rings (SSSR count). The third-order valence-electron chi connectivity index (χ3n) is 4.69. The van der Waals surface area contributed by atoms with E-state index >= 15 is 0 Å². The number of carbonyl (C=O) groups is 2. The highest BCUT2D eigenvalue weighted by atomic mass is 16.6. The predicted molar refractivity (Wildman–Crippen MR) is 113 cm³/mol. The van der Waals surface area contributed by atoms with Crippen LogP contribution >= 0.6 is 0 Å². The predicted octanol–water partition coefficient (Wildman–Crippen LogP) is 3.38. The topological polar surface area (TPSA) is 87.7 Å². The van der Waals surface area contributed by atoms with Gasteiger partial charge in [0.25, 0.3) is 0 Å². The zero-order chi connectivity index (χ0) is 21.0. The van der Waals surface area contributed by atoms with Crippen molar-refractivity contribution in [2.45, 2.75) is 32.8 Å². The van der Waals surface area contributed by atoms with Gasteiger partial charge >= 0.3 is 6.09 Å². The summed E-state index contributed by atoms with van der Waals surface area (Å²) in [5.74, 6) is 0.138. The smallest absolute Gasteiger partial charge is 0.414 e. The van der Waals surface area contributed by atoms with Crippen molar-refractivity contribution >= 4 is 29.1 Å². The first-order valence-electron chi connectivity index (χ1n) is 9.57. The fourth-order valence-corrected chi connectivity index (χ4v) is 3.06. The van der Waals surface area contributed by atoms with E-state index in [4.69, 9.17) is 4.74 Å². The van der Waals surface area contributed by atoms with E-state index in [2.05, 4.69) is 24.5 Å². The Balaban J connectivity index is 1.72. The van der Waals surface area contributed by atoms with Crippen molar-refractivity contribution in [1.29, 1.82) is 0 Å². The first-order chi connectivity index (χ1) is 13.8. The molecule has 152 valence electrons. The highest BCUT2D eigenvalue weighted by molar-refractivity contribution is 5.90. The van der Waals surface area contributed by atoms with Crippen LogP contribution in [0.2, 0.25) is 0 Å². The number of benzene rings is 1. The van der Waals surface area contributed by atoms with Gasteiger partial charge in [-0.1, -0.05) is 26.0 Å². The minimum Gasteiger partial charge on any atom is -0.442 e. The number of amides is 2. The lowest BCUT2D eigenvalue weighted by atomic mass is 10.1. The molecule has 2 amide bonds. The molecule has 29 heavy (non-hydrogen) atoms. The van der Waals surface area contributed by atoms with E-state index in [1.54, 1.807) is 18.2 Å². The molecule has 7 heteroatoms. The summed E-state index contributed by atoms with van der Waals surface area (Å²) in [5.41, 5.74) is 2.91. The number of cyclic esters (lactones) is 1. The Bertz CT molecular complexity index is 957. The Hall–Kier alpha value is -3.35. The van der Waals surface area contributed by atoms with E-state index in [0.717, 1.165) is 11.3 Å². The molecule has 1 saturated heterocycles. The third-order valence-corrected chi connectivity index (χ3v) is 4.69. The van der Waals surface area contributed by atoms with Gasteiger partial charge < -0.3 is 15.4 Å². The summed E-state index contributed by atoms with van der Waals surface area (Å²) in [6.45, 7) is 6.22. The summed E-state index contributed by atoms with van der Waals surface area (Å²) < 4.78 is 5.28. The van der Waals surface area contributed by atoms with Gasteiger partial charge in [0.1, 0.15) is 6.10 Å². The van der Waals surface area contributed by atoms with Crippen LogP contribution < -0.4 is 21.0 Å². The highest BCUT2D eigenvalue weighted by Gasteiger charge is 2.32. The molecule has 2 aromatic rings. The quantitative estimate of drug-likeness (QED) is 0.783. The van der Waals surface area contributed by atoms with Crippen molar-refractivity contribution in [2.24, 2.45) is 0 Å². The Labute approximate surface area is 169 Å². The van der Waals surface area contributed by atoms with E-state index in [0.29, 0.717) is 23.8 Å². The Morgan fingerprint density at radius 2 is 1.90 bits per heavy atom. The fourth-order valence-electron chi connectivity index (χ4n) is 3.06. The van der Waals surface area contributed by atoms with Crippen molar-refractivity contribution in [2.75, 3.05) is 23.3 Å². The van der Waals surface area contributed by atoms with E-state index < -0.39 is 6.09 Å². The normalized spacial score (nSPS) is 15.9. The van der Waals surface area contributed by atoms with Gasteiger partial charge in [-0.05, 0) is 47.9 Å². The Kier molecular flexibility index (Phi) is 6.16. The van der Waals surface area contributed by atoms with Gasteiger partial charge in [0.15, 0.2) is 0 Å². The minimum absolute atomic E-state index is 0.0927. The van der Waals surface area contributed by atoms with Gasteiger partial charge in [-0.15, -0.1) is 0 Å². The highest BCUT2D eigenvalue weighted by Crippen LogP contribution is 2.25. The summed E-state index contributed by atoms with van der Waals surface area (Å²) >= 11 is 0. The number of hydrogen-bond donors (Lipinski definition) is 2. The van der Waals surface area contributed by atoms with Crippen LogP contribution in [0, 0.1) is 0 Å². The summed E-state index contributed by atoms with van der Waals surface area (Å²) in [4.78, 5) is 37.0. The molecule has 1 unspecified atom stereocenters. The van der Waals surface area contributed by atoms with Gasteiger partial charge in [-0.3, -0.25) is 14.5 Å². The second kappa shape index (κ2) is 8.77. The lowest BCUT2D eigenvalue weighted by Crippen LogP contribution is -2.33. The summed E-state index contributed by atoms with van der Waals surface area (Å²) in [7, 11) is 0. The second-order valence-electron chi connectivity index (χ2n) is 7.33. The number of nitrogens with zero attached hydrogens (tertiary/aromatic N) is 1. The van der Waals surface area contributed by atoms with Gasteiger partial charge in [-0.2, -0.15) is 0 Å². The summed E-state index contributed by atoms with van der Waals surface area (Å²) in [6, 6.07) is 14.3. The average Bonchev–Trinajstić information content (AvgIpc) is 2.95. The molecule has 1 aliphatic heterocycles. The lowest BCUT2D eigenvalue weighted by Gasteiger charge is -2.14. The summed E-state index contributed by atoms with van der Waals surface area (Å²) in [6.07, 6.45) is -0.828. The van der Waals surface area contributed by atoms with Crippen molar-refractivity contribution < 1.29 is 14.3 Å². The van der Waals surface area contributed by atoms with Crippen LogP contribution in [0.15, 0.2) is 53.3 Å². The lowest BCUT2D eigenvalue weighted by molar-refractivity contribution is -0.119.